The molecule has 0 amide bonds. The lowest BCUT2D eigenvalue weighted by Gasteiger charge is -2.15. The maximum absolute atomic E-state index is 6.26. The molecule has 0 fully saturated rings. The summed E-state index contributed by atoms with van der Waals surface area (Å²) < 4.78 is 6.26. The van der Waals surface area contributed by atoms with Gasteiger partial charge in [0.15, 0.2) is 0 Å². The van der Waals surface area contributed by atoms with Crippen LogP contribution in [0.4, 0.5) is 0 Å². The number of aromatic nitrogens is 6. The number of ether oxygens (including phenoxy) is 1. The fourth-order valence-corrected chi connectivity index (χ4v) is 3.88. The van der Waals surface area contributed by atoms with E-state index in [-0.39, 0.29) is 0 Å². The Balaban J connectivity index is 1.39. The summed E-state index contributed by atoms with van der Waals surface area (Å²) in [6.07, 6.45) is 1.78. The molecule has 0 saturated carbocycles. The highest BCUT2D eigenvalue weighted by atomic mass is 16.5. The molecule has 1 N–H and O–H groups in total. The van der Waals surface area contributed by atoms with Crippen molar-refractivity contribution >= 4 is 0 Å². The van der Waals surface area contributed by atoms with Crippen LogP contribution < -0.4 is 4.74 Å². The van der Waals surface area contributed by atoms with Gasteiger partial charge in [0.05, 0.1) is 17.0 Å². The Morgan fingerprint density at radius 2 is 1.67 bits per heavy atom. The van der Waals surface area contributed by atoms with E-state index in [1.807, 2.05) is 56.3 Å². The number of hydrogen-bond acceptors (Lipinski definition) is 6. The third kappa shape index (κ3) is 4.34. The molecule has 3 heterocycles. The van der Waals surface area contributed by atoms with Crippen LogP contribution in [0.1, 0.15) is 17.0 Å². The Morgan fingerprint density at radius 3 is 2.39 bits per heavy atom. The molecule has 0 bridgehead atoms. The lowest BCUT2D eigenvalue weighted by molar-refractivity contribution is 0.306. The molecule has 2 aromatic carbocycles. The molecular weight excluding hydrogens is 412 g/mol. The van der Waals surface area contributed by atoms with Crippen molar-refractivity contribution in [1.82, 2.24) is 30.6 Å². The number of aromatic amines is 1. The molecule has 33 heavy (non-hydrogen) atoms. The van der Waals surface area contributed by atoms with Gasteiger partial charge in [-0.15, -0.1) is 10.2 Å². The van der Waals surface area contributed by atoms with E-state index in [4.69, 9.17) is 4.74 Å². The number of aryl methyl sites for hydroxylation is 2. The Kier molecular flexibility index (Phi) is 5.59. The first kappa shape index (κ1) is 20.5. The second-order valence-electron chi connectivity index (χ2n) is 7.70. The number of H-pyrrole nitrogens is 1. The van der Waals surface area contributed by atoms with Crippen LogP contribution in [-0.2, 0) is 6.61 Å². The van der Waals surface area contributed by atoms with E-state index in [9.17, 15) is 0 Å². The quantitative estimate of drug-likeness (QED) is 0.396. The minimum Gasteiger partial charge on any atom is -0.488 e. The lowest BCUT2D eigenvalue weighted by atomic mass is 9.98. The summed E-state index contributed by atoms with van der Waals surface area (Å²) in [5.74, 6) is 1.36. The Hall–Kier alpha value is -4.39. The van der Waals surface area contributed by atoms with E-state index in [0.29, 0.717) is 12.4 Å². The van der Waals surface area contributed by atoms with Gasteiger partial charge in [0.25, 0.3) is 0 Å². The highest BCUT2D eigenvalue weighted by Gasteiger charge is 2.14. The van der Waals surface area contributed by atoms with Gasteiger partial charge < -0.3 is 4.74 Å². The molecule has 7 heteroatoms. The number of pyridine rings is 2. The van der Waals surface area contributed by atoms with Crippen LogP contribution in [0.15, 0.2) is 79.0 Å². The fraction of sp³-hybridized carbons (Fsp3) is 0.115. The van der Waals surface area contributed by atoms with E-state index in [1.54, 1.807) is 6.20 Å². The van der Waals surface area contributed by atoms with Gasteiger partial charge >= 0.3 is 0 Å². The Morgan fingerprint density at radius 1 is 0.879 bits per heavy atom. The summed E-state index contributed by atoms with van der Waals surface area (Å²) in [6, 6.07) is 24.1. The molecular formula is C26H22N6O. The van der Waals surface area contributed by atoms with E-state index in [0.717, 1.165) is 50.6 Å². The molecule has 0 unspecified atom stereocenters. The van der Waals surface area contributed by atoms with Crippen molar-refractivity contribution in [3.63, 3.8) is 0 Å². The highest BCUT2D eigenvalue weighted by molar-refractivity contribution is 5.80. The fourth-order valence-electron chi connectivity index (χ4n) is 3.88. The van der Waals surface area contributed by atoms with Crippen LogP contribution in [-0.4, -0.2) is 30.6 Å². The minimum absolute atomic E-state index is 0.440. The standard InChI is InChI=1S/C26H22N6O/c1-17-15-24(25(18(2)28-17)23-9-5-6-14-27-23)33-16-19-10-12-20(13-11-19)21-7-3-4-8-22(21)26-29-31-32-30-26/h3-15H,16H2,1-2H3,(H,29,30,31,32). The summed E-state index contributed by atoms with van der Waals surface area (Å²) in [5.41, 5.74) is 7.70. The minimum atomic E-state index is 0.440. The maximum atomic E-state index is 6.26. The molecule has 0 aliphatic rings. The largest absolute Gasteiger partial charge is 0.488 e. The van der Waals surface area contributed by atoms with Crippen molar-refractivity contribution < 1.29 is 4.74 Å². The summed E-state index contributed by atoms with van der Waals surface area (Å²) in [6.45, 7) is 4.40. The predicted octanol–water partition coefficient (Wildman–Crippen LogP) is 5.19. The number of benzene rings is 2. The van der Waals surface area contributed by atoms with Crippen molar-refractivity contribution in [2.45, 2.75) is 20.5 Å². The number of nitrogens with one attached hydrogen (secondary N) is 1. The van der Waals surface area contributed by atoms with Crippen LogP contribution in [0.3, 0.4) is 0 Å². The molecule has 5 rings (SSSR count). The summed E-state index contributed by atoms with van der Waals surface area (Å²) in [5, 5.41) is 14.4. The van der Waals surface area contributed by atoms with Crippen LogP contribution in [0.5, 0.6) is 5.75 Å². The SMILES string of the molecule is Cc1cc(OCc2ccc(-c3ccccc3-c3nn[nH]n3)cc2)c(-c2ccccn2)c(C)n1. The van der Waals surface area contributed by atoms with Gasteiger partial charge in [0, 0.05) is 23.5 Å². The molecule has 5 aromatic rings. The molecule has 0 atom stereocenters. The molecule has 0 aliphatic carbocycles. The monoisotopic (exact) mass is 434 g/mol. The van der Waals surface area contributed by atoms with Crippen molar-refractivity contribution in [2.24, 2.45) is 0 Å². The topological polar surface area (TPSA) is 89.5 Å². The van der Waals surface area contributed by atoms with Crippen molar-refractivity contribution in [1.29, 1.82) is 0 Å². The molecule has 0 spiro atoms. The second-order valence-corrected chi connectivity index (χ2v) is 7.70. The van der Waals surface area contributed by atoms with Gasteiger partial charge in [0.1, 0.15) is 12.4 Å². The number of hydrogen-bond donors (Lipinski definition) is 1. The van der Waals surface area contributed by atoms with Gasteiger partial charge in [-0.3, -0.25) is 9.97 Å². The van der Waals surface area contributed by atoms with Crippen LogP contribution >= 0.6 is 0 Å². The summed E-state index contributed by atoms with van der Waals surface area (Å²) in [7, 11) is 0. The number of nitrogens with zero attached hydrogens (tertiary/aromatic N) is 5. The van der Waals surface area contributed by atoms with Crippen molar-refractivity contribution in [3.8, 4) is 39.5 Å². The molecule has 7 nitrogen and oxygen atoms in total. The first-order valence-electron chi connectivity index (χ1n) is 10.6. The number of rotatable bonds is 6. The zero-order valence-electron chi connectivity index (χ0n) is 18.4. The molecule has 0 aliphatic heterocycles. The Labute approximate surface area is 191 Å². The average Bonchev–Trinajstić information content (AvgIpc) is 3.38. The zero-order valence-corrected chi connectivity index (χ0v) is 18.4. The molecule has 162 valence electrons. The number of tetrazole rings is 1. The van der Waals surface area contributed by atoms with Gasteiger partial charge in [-0.1, -0.05) is 54.6 Å². The van der Waals surface area contributed by atoms with Gasteiger partial charge in [-0.25, -0.2) is 0 Å². The lowest BCUT2D eigenvalue weighted by Crippen LogP contribution is -2.01. The highest BCUT2D eigenvalue weighted by Crippen LogP contribution is 2.33. The third-order valence-electron chi connectivity index (χ3n) is 5.39. The first-order valence-corrected chi connectivity index (χ1v) is 10.6. The smallest absolute Gasteiger partial charge is 0.205 e. The summed E-state index contributed by atoms with van der Waals surface area (Å²) >= 11 is 0. The van der Waals surface area contributed by atoms with E-state index in [2.05, 4.69) is 60.9 Å². The van der Waals surface area contributed by atoms with E-state index >= 15 is 0 Å². The van der Waals surface area contributed by atoms with Gasteiger partial charge in [-0.05, 0) is 47.9 Å². The van der Waals surface area contributed by atoms with Crippen LogP contribution in [0.25, 0.3) is 33.8 Å². The molecule has 0 saturated heterocycles. The van der Waals surface area contributed by atoms with Crippen molar-refractivity contribution in [2.75, 3.05) is 0 Å². The van der Waals surface area contributed by atoms with Gasteiger partial charge in [0.2, 0.25) is 5.82 Å². The zero-order chi connectivity index (χ0) is 22.6. The van der Waals surface area contributed by atoms with E-state index in [1.165, 1.54) is 0 Å². The second kappa shape index (κ2) is 9.00. The summed E-state index contributed by atoms with van der Waals surface area (Å²) in [4.78, 5) is 9.10. The Bertz CT molecular complexity index is 1370. The van der Waals surface area contributed by atoms with Crippen LogP contribution in [0.2, 0.25) is 0 Å². The predicted molar refractivity (Wildman–Crippen MR) is 126 cm³/mol. The van der Waals surface area contributed by atoms with Gasteiger partial charge in [-0.2, -0.15) is 5.21 Å². The first-order chi connectivity index (χ1) is 16.2. The third-order valence-corrected chi connectivity index (χ3v) is 5.39. The normalized spacial score (nSPS) is 10.8. The van der Waals surface area contributed by atoms with E-state index < -0.39 is 0 Å². The molecule has 0 radical (unpaired) electrons. The molecule has 3 aromatic heterocycles. The van der Waals surface area contributed by atoms with Crippen molar-refractivity contribution in [3.05, 3.63) is 95.9 Å². The van der Waals surface area contributed by atoms with Crippen LogP contribution in [0, 0.1) is 13.8 Å². The average molecular weight is 435 g/mol. The maximum Gasteiger partial charge on any atom is 0.205 e.